The third kappa shape index (κ3) is 3.88. The highest BCUT2D eigenvalue weighted by Gasteiger charge is 2.43. The Morgan fingerprint density at radius 1 is 0.972 bits per heavy atom. The molecule has 4 aromatic rings. The average molecular weight is 482 g/mol. The zero-order valence-corrected chi connectivity index (χ0v) is 20.8. The lowest BCUT2D eigenvalue weighted by atomic mass is 9.97. The maximum absolute atomic E-state index is 13.8. The molecule has 1 atom stereocenters. The molecule has 0 bridgehead atoms. The van der Waals surface area contributed by atoms with Crippen molar-refractivity contribution in [2.45, 2.75) is 40.2 Å². The van der Waals surface area contributed by atoms with Crippen LogP contribution >= 0.6 is 0 Å². The minimum absolute atomic E-state index is 0.0442. The number of amides is 1. The van der Waals surface area contributed by atoms with Crippen LogP contribution in [0.2, 0.25) is 0 Å². The summed E-state index contributed by atoms with van der Waals surface area (Å²) >= 11 is 0. The number of fused-ring (bicyclic) bond motifs is 2. The van der Waals surface area contributed by atoms with Gasteiger partial charge in [-0.1, -0.05) is 19.1 Å². The molecule has 0 aliphatic carbocycles. The lowest BCUT2D eigenvalue weighted by molar-refractivity contribution is 0.0970. The second-order valence-corrected chi connectivity index (χ2v) is 9.20. The van der Waals surface area contributed by atoms with Crippen LogP contribution in [0.5, 0.6) is 5.75 Å². The Kier molecular flexibility index (Phi) is 5.96. The van der Waals surface area contributed by atoms with Crippen LogP contribution in [0.25, 0.3) is 11.0 Å². The molecule has 0 saturated carbocycles. The van der Waals surface area contributed by atoms with Gasteiger partial charge in [0.05, 0.1) is 23.6 Å². The molecule has 36 heavy (non-hydrogen) atoms. The van der Waals surface area contributed by atoms with Gasteiger partial charge in [0.1, 0.15) is 11.3 Å². The molecule has 2 heterocycles. The monoisotopic (exact) mass is 481 g/mol. The summed E-state index contributed by atoms with van der Waals surface area (Å²) in [7, 11) is 0. The minimum atomic E-state index is -0.682. The number of nitrogens with zero attached hydrogens (tertiary/aromatic N) is 1. The number of ether oxygens (including phenoxy) is 1. The molecule has 5 rings (SSSR count). The van der Waals surface area contributed by atoms with Crippen LogP contribution in [0.4, 0.5) is 5.69 Å². The van der Waals surface area contributed by atoms with Crippen molar-refractivity contribution in [1.82, 2.24) is 0 Å². The SMILES string of the molecule is CCCOc1ccc(C2c3c(oc4cc(C)c(C)cc4c3=O)C(=O)N2c2ccc(C(C)=O)cc2)cc1. The zero-order valence-electron chi connectivity index (χ0n) is 20.8. The Hall–Kier alpha value is -4.19. The number of benzene rings is 3. The molecule has 182 valence electrons. The first kappa shape index (κ1) is 23.5. The summed E-state index contributed by atoms with van der Waals surface area (Å²) in [6, 6.07) is 17.2. The molecule has 1 aromatic heterocycles. The summed E-state index contributed by atoms with van der Waals surface area (Å²) in [6.07, 6.45) is 0.892. The van der Waals surface area contributed by atoms with E-state index in [1.54, 1.807) is 35.2 Å². The predicted molar refractivity (Wildman–Crippen MR) is 139 cm³/mol. The Bertz CT molecular complexity index is 1550. The maximum Gasteiger partial charge on any atom is 0.295 e. The van der Waals surface area contributed by atoms with E-state index in [0.29, 0.717) is 34.4 Å². The first-order valence-corrected chi connectivity index (χ1v) is 12.1. The first-order valence-electron chi connectivity index (χ1n) is 12.1. The van der Waals surface area contributed by atoms with E-state index in [1.807, 2.05) is 51.1 Å². The standard InChI is InChI=1S/C30H27NO5/c1-5-14-35-23-12-8-21(9-13-23)27-26-28(33)24-15-17(2)18(3)16-25(24)36-29(26)30(34)31(27)22-10-6-20(7-11-22)19(4)32/h6-13,15-16,27H,5,14H2,1-4H3. The number of carbonyl (C=O) groups is 2. The van der Waals surface area contributed by atoms with Gasteiger partial charge < -0.3 is 9.15 Å². The summed E-state index contributed by atoms with van der Waals surface area (Å²) < 4.78 is 11.8. The molecule has 3 aromatic carbocycles. The summed E-state index contributed by atoms with van der Waals surface area (Å²) in [5.74, 6) is 0.307. The number of carbonyl (C=O) groups excluding carboxylic acids is 2. The van der Waals surface area contributed by atoms with Crippen molar-refractivity contribution in [1.29, 1.82) is 0 Å². The van der Waals surface area contributed by atoms with Crippen LogP contribution in [0.15, 0.2) is 69.9 Å². The minimum Gasteiger partial charge on any atom is -0.494 e. The number of anilines is 1. The molecule has 6 nitrogen and oxygen atoms in total. The predicted octanol–water partition coefficient (Wildman–Crippen LogP) is 6.15. The molecule has 0 spiro atoms. The molecular weight excluding hydrogens is 454 g/mol. The van der Waals surface area contributed by atoms with Gasteiger partial charge in [-0.2, -0.15) is 0 Å². The van der Waals surface area contributed by atoms with Gasteiger partial charge in [0, 0.05) is 11.3 Å². The number of rotatable bonds is 6. The summed E-state index contributed by atoms with van der Waals surface area (Å²) in [5.41, 5.74) is 4.32. The van der Waals surface area contributed by atoms with E-state index < -0.39 is 11.9 Å². The Balaban J connectivity index is 1.71. The van der Waals surface area contributed by atoms with E-state index >= 15 is 0 Å². The van der Waals surface area contributed by atoms with Gasteiger partial charge in [-0.05, 0) is 92.4 Å². The van der Waals surface area contributed by atoms with Crippen molar-refractivity contribution in [3.63, 3.8) is 0 Å². The zero-order chi connectivity index (χ0) is 25.6. The van der Waals surface area contributed by atoms with Crippen LogP contribution in [0.1, 0.15) is 69.5 Å². The van der Waals surface area contributed by atoms with Gasteiger partial charge in [-0.3, -0.25) is 19.3 Å². The van der Waals surface area contributed by atoms with Gasteiger partial charge in [0.25, 0.3) is 5.91 Å². The van der Waals surface area contributed by atoms with E-state index in [2.05, 4.69) is 0 Å². The second kappa shape index (κ2) is 9.11. The highest BCUT2D eigenvalue weighted by Crippen LogP contribution is 2.41. The summed E-state index contributed by atoms with van der Waals surface area (Å²) in [4.78, 5) is 41.0. The Morgan fingerprint density at radius 2 is 1.64 bits per heavy atom. The molecule has 1 aliphatic heterocycles. The van der Waals surface area contributed by atoms with Gasteiger partial charge in [0.2, 0.25) is 5.76 Å². The van der Waals surface area contributed by atoms with E-state index in [9.17, 15) is 14.4 Å². The van der Waals surface area contributed by atoms with Crippen LogP contribution < -0.4 is 15.1 Å². The largest absolute Gasteiger partial charge is 0.494 e. The first-order chi connectivity index (χ1) is 17.3. The maximum atomic E-state index is 13.8. The molecule has 1 amide bonds. The van der Waals surface area contributed by atoms with Crippen molar-refractivity contribution >= 4 is 28.3 Å². The van der Waals surface area contributed by atoms with Crippen LogP contribution in [-0.4, -0.2) is 18.3 Å². The van der Waals surface area contributed by atoms with E-state index in [4.69, 9.17) is 9.15 Å². The average Bonchev–Trinajstić information content (AvgIpc) is 3.16. The number of aryl methyl sites for hydroxylation is 2. The molecular formula is C30H27NO5. The third-order valence-corrected chi connectivity index (χ3v) is 6.71. The van der Waals surface area contributed by atoms with Crippen molar-refractivity contribution in [2.75, 3.05) is 11.5 Å². The van der Waals surface area contributed by atoms with Crippen molar-refractivity contribution in [3.05, 3.63) is 104 Å². The molecule has 0 saturated heterocycles. The molecule has 6 heteroatoms. The topological polar surface area (TPSA) is 76.8 Å². The molecule has 0 N–H and O–H groups in total. The van der Waals surface area contributed by atoms with Crippen LogP contribution in [0.3, 0.4) is 0 Å². The van der Waals surface area contributed by atoms with E-state index in [-0.39, 0.29) is 17.0 Å². The smallest absolute Gasteiger partial charge is 0.295 e. The lowest BCUT2D eigenvalue weighted by Crippen LogP contribution is -2.29. The van der Waals surface area contributed by atoms with Gasteiger partial charge in [-0.25, -0.2) is 0 Å². The fourth-order valence-corrected chi connectivity index (χ4v) is 4.63. The Morgan fingerprint density at radius 3 is 2.28 bits per heavy atom. The fourth-order valence-electron chi connectivity index (χ4n) is 4.63. The highest BCUT2D eigenvalue weighted by molar-refractivity contribution is 6.11. The molecule has 0 radical (unpaired) electrons. The van der Waals surface area contributed by atoms with Crippen molar-refractivity contribution < 1.29 is 18.7 Å². The highest BCUT2D eigenvalue weighted by atomic mass is 16.5. The van der Waals surface area contributed by atoms with Gasteiger partial charge in [0.15, 0.2) is 11.2 Å². The van der Waals surface area contributed by atoms with Gasteiger partial charge >= 0.3 is 0 Å². The molecule has 0 fully saturated rings. The number of hydrogen-bond acceptors (Lipinski definition) is 5. The lowest BCUT2D eigenvalue weighted by Gasteiger charge is -2.25. The molecule has 1 unspecified atom stereocenters. The van der Waals surface area contributed by atoms with Crippen LogP contribution in [-0.2, 0) is 0 Å². The van der Waals surface area contributed by atoms with Crippen molar-refractivity contribution in [3.8, 4) is 5.75 Å². The van der Waals surface area contributed by atoms with Crippen LogP contribution in [0, 0.1) is 13.8 Å². The van der Waals surface area contributed by atoms with E-state index in [0.717, 1.165) is 28.9 Å². The van der Waals surface area contributed by atoms with Crippen molar-refractivity contribution in [2.24, 2.45) is 0 Å². The van der Waals surface area contributed by atoms with Gasteiger partial charge in [-0.15, -0.1) is 0 Å². The number of ketones is 1. The summed E-state index contributed by atoms with van der Waals surface area (Å²) in [6.45, 7) is 8.03. The summed E-state index contributed by atoms with van der Waals surface area (Å²) in [5, 5.41) is 0.450. The number of Topliss-reactive ketones (excluding diaryl/α,β-unsaturated/α-hetero) is 1. The fraction of sp³-hybridized carbons (Fsp3) is 0.233. The quantitative estimate of drug-likeness (QED) is 0.309. The molecule has 1 aliphatic rings. The third-order valence-electron chi connectivity index (χ3n) is 6.71. The normalized spacial score (nSPS) is 14.8. The second-order valence-electron chi connectivity index (χ2n) is 9.20. The Labute approximate surface area is 209 Å². The van der Waals surface area contributed by atoms with E-state index in [1.165, 1.54) is 6.92 Å². The number of hydrogen-bond donors (Lipinski definition) is 0.